The van der Waals surface area contributed by atoms with Gasteiger partial charge in [0.05, 0.1) is 29.8 Å². The van der Waals surface area contributed by atoms with Crippen molar-refractivity contribution in [2.45, 2.75) is 26.2 Å². The zero-order valence-corrected chi connectivity index (χ0v) is 16.5. The second kappa shape index (κ2) is 7.87. The molecule has 1 aromatic heterocycles. The minimum absolute atomic E-state index is 0.178. The number of nitriles is 1. The topological polar surface area (TPSA) is 80.3 Å². The summed E-state index contributed by atoms with van der Waals surface area (Å²) in [6.45, 7) is 1.47. The highest BCUT2D eigenvalue weighted by molar-refractivity contribution is 8.32. The molecule has 1 aromatic carbocycles. The predicted molar refractivity (Wildman–Crippen MR) is 105 cm³/mol. The smallest absolute Gasteiger partial charge is 0.139 e. The van der Waals surface area contributed by atoms with Gasteiger partial charge in [-0.3, -0.25) is 0 Å². The molecule has 1 aliphatic rings. The zero-order valence-electron chi connectivity index (χ0n) is 15.7. The Morgan fingerprint density at radius 2 is 2.12 bits per heavy atom. The zero-order chi connectivity index (χ0) is 18.7. The van der Waals surface area contributed by atoms with Gasteiger partial charge in [0.1, 0.15) is 31.0 Å². The van der Waals surface area contributed by atoms with Crippen LogP contribution in [-0.2, 0) is 18.1 Å². The Kier molecular flexibility index (Phi) is 5.76. The summed E-state index contributed by atoms with van der Waals surface area (Å²) in [5.74, 6) is 2.75. The molecule has 6 nitrogen and oxygen atoms in total. The number of ether oxygens (including phenoxy) is 2. The summed E-state index contributed by atoms with van der Waals surface area (Å²) in [5.41, 5.74) is 1.97. The van der Waals surface area contributed by atoms with Crippen LogP contribution in [0.15, 0.2) is 12.1 Å². The summed E-state index contributed by atoms with van der Waals surface area (Å²) >= 11 is 0. The highest BCUT2D eigenvalue weighted by atomic mass is 32.3. The molecule has 26 heavy (non-hydrogen) atoms. The molecule has 1 heterocycles. The van der Waals surface area contributed by atoms with E-state index in [2.05, 4.69) is 29.8 Å². The number of fused-ring (bicyclic) bond motifs is 1. The van der Waals surface area contributed by atoms with E-state index in [1.165, 1.54) is 12.8 Å². The third kappa shape index (κ3) is 4.70. The molecule has 142 valence electrons. The fourth-order valence-electron chi connectivity index (χ4n) is 2.63. The van der Waals surface area contributed by atoms with E-state index < -0.39 is 10.0 Å². The molecule has 1 saturated carbocycles. The van der Waals surface area contributed by atoms with Crippen LogP contribution in [0, 0.1) is 17.2 Å². The maximum absolute atomic E-state index is 9.65. The van der Waals surface area contributed by atoms with E-state index in [9.17, 15) is 10.4 Å². The molecule has 0 spiro atoms. The maximum atomic E-state index is 9.65. The molecule has 0 bridgehead atoms. The predicted octanol–water partition coefficient (Wildman–Crippen LogP) is 2.86. The van der Waals surface area contributed by atoms with Crippen LogP contribution in [0.2, 0.25) is 0 Å². The number of aliphatic hydroxyl groups is 1. The van der Waals surface area contributed by atoms with E-state index in [4.69, 9.17) is 9.47 Å². The lowest BCUT2D eigenvalue weighted by molar-refractivity contribution is 0.0868. The van der Waals surface area contributed by atoms with Crippen LogP contribution in [0.4, 0.5) is 0 Å². The SMILES string of the molecule is CS(C)(C)CCOCn1c(CO)nc2cc(C#N)c(OCC3CC3)cc21. The van der Waals surface area contributed by atoms with E-state index in [1.54, 1.807) is 6.07 Å². The minimum Gasteiger partial charge on any atom is -0.492 e. The number of imidazole rings is 1. The summed E-state index contributed by atoms with van der Waals surface area (Å²) in [7, 11) is -0.604. The Balaban J connectivity index is 1.83. The van der Waals surface area contributed by atoms with E-state index >= 15 is 0 Å². The van der Waals surface area contributed by atoms with Gasteiger partial charge in [0.15, 0.2) is 0 Å². The van der Waals surface area contributed by atoms with Crippen molar-refractivity contribution in [2.24, 2.45) is 5.92 Å². The number of benzene rings is 1. The summed E-state index contributed by atoms with van der Waals surface area (Å²) in [6, 6.07) is 5.76. The highest BCUT2D eigenvalue weighted by Crippen LogP contribution is 2.34. The molecule has 0 saturated heterocycles. The molecule has 1 N–H and O–H groups in total. The third-order valence-electron chi connectivity index (χ3n) is 4.42. The van der Waals surface area contributed by atoms with Gasteiger partial charge < -0.3 is 19.1 Å². The van der Waals surface area contributed by atoms with Crippen molar-refractivity contribution in [3.8, 4) is 11.8 Å². The summed E-state index contributed by atoms with van der Waals surface area (Å²) in [4.78, 5) is 4.45. The van der Waals surface area contributed by atoms with Gasteiger partial charge in [0, 0.05) is 11.8 Å². The van der Waals surface area contributed by atoms with Crippen LogP contribution in [0.5, 0.6) is 5.75 Å². The number of nitrogens with zero attached hydrogens (tertiary/aromatic N) is 3. The fourth-order valence-corrected chi connectivity index (χ4v) is 3.25. The van der Waals surface area contributed by atoms with Gasteiger partial charge in [-0.15, -0.1) is 0 Å². The van der Waals surface area contributed by atoms with Crippen LogP contribution in [0.25, 0.3) is 11.0 Å². The Morgan fingerprint density at radius 1 is 1.35 bits per heavy atom. The monoisotopic (exact) mass is 377 g/mol. The number of hydrogen-bond acceptors (Lipinski definition) is 5. The highest BCUT2D eigenvalue weighted by Gasteiger charge is 2.23. The van der Waals surface area contributed by atoms with Gasteiger partial charge in [-0.25, -0.2) is 15.0 Å². The van der Waals surface area contributed by atoms with Crippen LogP contribution in [0.1, 0.15) is 24.2 Å². The number of aromatic nitrogens is 2. The van der Waals surface area contributed by atoms with Crippen LogP contribution < -0.4 is 4.74 Å². The Bertz CT molecular complexity index is 816. The molecule has 3 rings (SSSR count). The number of aliphatic hydroxyl groups excluding tert-OH is 1. The average Bonchev–Trinajstić information content (AvgIpc) is 3.36. The maximum Gasteiger partial charge on any atom is 0.139 e. The lowest BCUT2D eigenvalue weighted by Gasteiger charge is -2.24. The van der Waals surface area contributed by atoms with Gasteiger partial charge in [-0.2, -0.15) is 5.26 Å². The first-order valence-electron chi connectivity index (χ1n) is 8.82. The second-order valence-corrected chi connectivity index (χ2v) is 12.2. The minimum atomic E-state index is -0.604. The molecule has 0 radical (unpaired) electrons. The Hall–Kier alpha value is -1.75. The molecule has 1 aliphatic carbocycles. The van der Waals surface area contributed by atoms with Crippen LogP contribution in [0.3, 0.4) is 0 Å². The van der Waals surface area contributed by atoms with E-state index in [0.29, 0.717) is 48.5 Å². The summed E-state index contributed by atoms with van der Waals surface area (Å²) < 4.78 is 13.6. The number of rotatable bonds is 9. The van der Waals surface area contributed by atoms with E-state index in [-0.39, 0.29) is 6.61 Å². The van der Waals surface area contributed by atoms with E-state index in [1.807, 2.05) is 10.6 Å². The largest absolute Gasteiger partial charge is 0.492 e. The first kappa shape index (κ1) is 19.0. The first-order valence-corrected chi connectivity index (χ1v) is 11.8. The molecular formula is C19H27N3O3S. The third-order valence-corrected chi connectivity index (χ3v) is 5.81. The average molecular weight is 378 g/mol. The van der Waals surface area contributed by atoms with Crippen LogP contribution >= 0.6 is 10.0 Å². The van der Waals surface area contributed by atoms with E-state index in [0.717, 1.165) is 11.3 Å². The van der Waals surface area contributed by atoms with Crippen molar-refractivity contribution in [1.29, 1.82) is 5.26 Å². The molecule has 7 heteroatoms. The van der Waals surface area contributed by atoms with Crippen molar-refractivity contribution in [1.82, 2.24) is 9.55 Å². The number of hydrogen-bond donors (Lipinski definition) is 1. The normalized spacial score (nSPS) is 15.2. The van der Waals surface area contributed by atoms with Crippen molar-refractivity contribution in [2.75, 3.05) is 37.7 Å². The van der Waals surface area contributed by atoms with Crippen LogP contribution in [-0.4, -0.2) is 52.4 Å². The van der Waals surface area contributed by atoms with Gasteiger partial charge in [-0.1, -0.05) is 0 Å². The lowest BCUT2D eigenvalue weighted by Crippen LogP contribution is -2.12. The Morgan fingerprint density at radius 3 is 2.73 bits per heavy atom. The van der Waals surface area contributed by atoms with Gasteiger partial charge >= 0.3 is 0 Å². The van der Waals surface area contributed by atoms with Crippen molar-refractivity contribution in [3.63, 3.8) is 0 Å². The Labute approximate surface area is 156 Å². The molecule has 0 unspecified atom stereocenters. The van der Waals surface area contributed by atoms with Gasteiger partial charge in [0.2, 0.25) is 0 Å². The summed E-state index contributed by atoms with van der Waals surface area (Å²) in [5, 5.41) is 19.1. The molecule has 0 aliphatic heterocycles. The van der Waals surface area contributed by atoms with Gasteiger partial charge in [0.25, 0.3) is 0 Å². The first-order chi connectivity index (χ1) is 12.4. The lowest BCUT2D eigenvalue weighted by atomic mass is 10.2. The fraction of sp³-hybridized carbons (Fsp3) is 0.579. The summed E-state index contributed by atoms with van der Waals surface area (Å²) in [6.07, 6.45) is 9.17. The molecule has 2 aromatic rings. The van der Waals surface area contributed by atoms with Gasteiger partial charge in [-0.05, 0) is 43.6 Å². The standard InChI is InChI=1S/C19H27N3O3S/c1-26(2,3)7-6-24-13-22-17-9-18(25-12-14-4-5-14)15(10-20)8-16(17)21-19(22)11-23/h8-9,14,23H,4-7,11-13H2,1-3H3. The molecular weight excluding hydrogens is 350 g/mol. The molecule has 1 fully saturated rings. The second-order valence-electron chi connectivity index (χ2n) is 7.65. The molecule has 0 atom stereocenters. The van der Waals surface area contributed by atoms with Crippen molar-refractivity contribution in [3.05, 3.63) is 23.5 Å². The molecule has 0 amide bonds. The van der Waals surface area contributed by atoms with Crippen molar-refractivity contribution >= 4 is 21.1 Å². The quantitative estimate of drug-likeness (QED) is 0.680. The van der Waals surface area contributed by atoms with Crippen molar-refractivity contribution < 1.29 is 14.6 Å².